The van der Waals surface area contributed by atoms with Crippen LogP contribution in [0.3, 0.4) is 0 Å². The van der Waals surface area contributed by atoms with Gasteiger partial charge >= 0.3 is 39.5 Å². The molecular weight excluding hydrogens is 1430 g/mol. The minimum absolute atomic E-state index is 0.108. The summed E-state index contributed by atoms with van der Waals surface area (Å²) in [6.45, 7) is 12.1. The maximum Gasteiger partial charge on any atom is 0.472 e. The number of hydrogen-bond donors (Lipinski definition) is 3. The van der Waals surface area contributed by atoms with E-state index in [1.165, 1.54) is 295 Å². The number of unbranched alkanes of at least 4 members (excludes halogenated alkanes) is 56. The number of aliphatic hydroxyl groups is 1. The van der Waals surface area contributed by atoms with Crippen molar-refractivity contribution >= 4 is 39.5 Å². The topological polar surface area (TPSA) is 237 Å². The quantitative estimate of drug-likeness (QED) is 0.0222. The lowest BCUT2D eigenvalue weighted by atomic mass is 9.99. The number of aliphatic hydroxyl groups excluding tert-OH is 1. The van der Waals surface area contributed by atoms with Gasteiger partial charge in [0.05, 0.1) is 26.4 Å². The summed E-state index contributed by atoms with van der Waals surface area (Å²) in [4.78, 5) is 73.4. The van der Waals surface area contributed by atoms with E-state index in [2.05, 4.69) is 48.5 Å². The molecule has 0 aliphatic heterocycles. The van der Waals surface area contributed by atoms with Crippen molar-refractivity contribution in [3.63, 3.8) is 0 Å². The molecule has 0 aromatic heterocycles. The van der Waals surface area contributed by atoms with Crippen molar-refractivity contribution in [2.75, 3.05) is 39.6 Å². The summed E-state index contributed by atoms with van der Waals surface area (Å²) in [7, 11) is -9.94. The number of carbonyl (C=O) groups is 4. The first-order chi connectivity index (χ1) is 53.3. The first-order valence-electron chi connectivity index (χ1n) is 46.9. The third-order valence-electron chi connectivity index (χ3n) is 21.7. The second-order valence-corrected chi connectivity index (χ2v) is 36.8. The van der Waals surface area contributed by atoms with Crippen LogP contribution in [-0.4, -0.2) is 96.7 Å². The van der Waals surface area contributed by atoms with E-state index in [4.69, 9.17) is 37.0 Å². The molecule has 0 radical (unpaired) electrons. The summed E-state index contributed by atoms with van der Waals surface area (Å²) >= 11 is 0. The van der Waals surface area contributed by atoms with Crippen molar-refractivity contribution in [2.24, 2.45) is 17.8 Å². The highest BCUT2D eigenvalue weighted by Crippen LogP contribution is 2.45. The molecule has 110 heavy (non-hydrogen) atoms. The third-order valence-corrected chi connectivity index (χ3v) is 23.6. The number of esters is 4. The van der Waals surface area contributed by atoms with Crippen LogP contribution in [0.25, 0.3) is 0 Å². The van der Waals surface area contributed by atoms with Gasteiger partial charge in [0.25, 0.3) is 0 Å². The van der Waals surface area contributed by atoms with Crippen LogP contribution in [0, 0.1) is 17.8 Å². The Labute approximate surface area is 677 Å². The Kier molecular flexibility index (Phi) is 79.4. The lowest BCUT2D eigenvalue weighted by Crippen LogP contribution is -2.30. The van der Waals surface area contributed by atoms with Gasteiger partial charge < -0.3 is 33.8 Å². The third kappa shape index (κ3) is 82.6. The second-order valence-electron chi connectivity index (χ2n) is 33.9. The van der Waals surface area contributed by atoms with E-state index >= 15 is 0 Å². The molecule has 0 spiro atoms. The average Bonchev–Trinajstić information content (AvgIpc) is 0.970. The zero-order chi connectivity index (χ0) is 80.8. The molecule has 654 valence electrons. The Morgan fingerprint density at radius 2 is 0.464 bits per heavy atom. The molecule has 0 aliphatic rings. The van der Waals surface area contributed by atoms with E-state index in [1.54, 1.807) is 0 Å². The van der Waals surface area contributed by atoms with Gasteiger partial charge in [-0.25, -0.2) is 9.13 Å². The van der Waals surface area contributed by atoms with Gasteiger partial charge in [0, 0.05) is 25.7 Å². The lowest BCUT2D eigenvalue weighted by Gasteiger charge is -2.21. The smallest absolute Gasteiger partial charge is 0.462 e. The molecule has 0 saturated carbocycles. The summed E-state index contributed by atoms with van der Waals surface area (Å²) in [5.74, 6) is 0.301. The fourth-order valence-electron chi connectivity index (χ4n) is 14.2. The van der Waals surface area contributed by atoms with Crippen molar-refractivity contribution in [1.82, 2.24) is 0 Å². The molecule has 19 heteroatoms. The Morgan fingerprint density at radius 1 is 0.264 bits per heavy atom. The van der Waals surface area contributed by atoms with Gasteiger partial charge in [0.15, 0.2) is 12.2 Å². The van der Waals surface area contributed by atoms with E-state index in [9.17, 15) is 43.2 Å². The standard InChI is InChI=1S/C91H178O17P2/c1-8-10-11-12-13-14-15-16-17-18-19-20-21-29-34-39-44-53-60-67-74-90(95)107-86(78-101-88(93)72-65-58-51-43-38-33-28-24-22-26-31-36-41-48-55-62-69-82(3)4)80-105-109(97,98)103-76-85(92)77-104-110(99,100)106-81-87(79-102-89(94)73-66-59-52-47-46-50-57-64-71-84(7)9-2)108-91(96)75-68-61-54-45-40-35-30-25-23-27-32-37-42-49-56-63-70-83(5)6/h82-87,92H,8-81H2,1-7H3,(H,97,98)(H,99,100)/t84?,85-,86-,87-/m1/s1. The monoisotopic (exact) mass is 1610 g/mol. The van der Waals surface area contributed by atoms with E-state index in [0.717, 1.165) is 108 Å². The Morgan fingerprint density at radius 3 is 0.691 bits per heavy atom. The highest BCUT2D eigenvalue weighted by Gasteiger charge is 2.31. The number of phosphoric acid groups is 2. The van der Waals surface area contributed by atoms with E-state index in [1.807, 2.05) is 0 Å². The van der Waals surface area contributed by atoms with Crippen LogP contribution >= 0.6 is 15.6 Å². The van der Waals surface area contributed by atoms with Gasteiger partial charge in [-0.15, -0.1) is 0 Å². The highest BCUT2D eigenvalue weighted by atomic mass is 31.2. The number of carbonyl (C=O) groups excluding carboxylic acids is 4. The van der Waals surface area contributed by atoms with Gasteiger partial charge in [0.1, 0.15) is 19.3 Å². The molecule has 0 amide bonds. The van der Waals surface area contributed by atoms with Crippen LogP contribution in [0.1, 0.15) is 485 Å². The van der Waals surface area contributed by atoms with Crippen LogP contribution < -0.4 is 0 Å². The number of ether oxygens (including phenoxy) is 4. The Bertz CT molecular complexity index is 2120. The van der Waals surface area contributed by atoms with E-state index in [-0.39, 0.29) is 25.7 Å². The number of phosphoric ester groups is 2. The van der Waals surface area contributed by atoms with Gasteiger partial charge in [-0.2, -0.15) is 0 Å². The summed E-state index contributed by atoms with van der Waals surface area (Å²) in [6, 6.07) is 0. The predicted molar refractivity (Wildman–Crippen MR) is 455 cm³/mol. The van der Waals surface area contributed by atoms with Gasteiger partial charge in [-0.3, -0.25) is 37.3 Å². The van der Waals surface area contributed by atoms with E-state index < -0.39 is 97.5 Å². The Hall–Kier alpha value is -1.94. The molecule has 17 nitrogen and oxygen atoms in total. The zero-order valence-electron chi connectivity index (χ0n) is 72.7. The fourth-order valence-corrected chi connectivity index (χ4v) is 15.8. The van der Waals surface area contributed by atoms with Gasteiger partial charge in [0.2, 0.25) is 0 Å². The maximum absolute atomic E-state index is 13.2. The summed E-state index contributed by atoms with van der Waals surface area (Å²) in [5, 5.41) is 10.7. The van der Waals surface area contributed by atoms with E-state index in [0.29, 0.717) is 25.7 Å². The molecule has 0 heterocycles. The largest absolute Gasteiger partial charge is 0.472 e. The number of hydrogen-bond acceptors (Lipinski definition) is 15. The maximum atomic E-state index is 13.2. The first-order valence-corrected chi connectivity index (χ1v) is 49.9. The molecule has 0 saturated heterocycles. The van der Waals surface area contributed by atoms with Gasteiger partial charge in [-0.05, 0) is 43.4 Å². The molecule has 6 atom stereocenters. The molecule has 3 unspecified atom stereocenters. The minimum atomic E-state index is -4.97. The lowest BCUT2D eigenvalue weighted by molar-refractivity contribution is -0.161. The molecule has 0 aromatic carbocycles. The van der Waals surface area contributed by atoms with Crippen molar-refractivity contribution in [2.45, 2.75) is 503 Å². The summed E-state index contributed by atoms with van der Waals surface area (Å²) in [6.07, 6.45) is 73.6. The molecular formula is C91H178O17P2. The predicted octanol–water partition coefficient (Wildman–Crippen LogP) is 28.0. The second kappa shape index (κ2) is 80.8. The number of rotatable bonds is 89. The fraction of sp³-hybridized carbons (Fsp3) is 0.956. The summed E-state index contributed by atoms with van der Waals surface area (Å²) < 4.78 is 69.1. The van der Waals surface area contributed by atoms with Crippen molar-refractivity contribution in [3.05, 3.63) is 0 Å². The molecule has 0 aliphatic carbocycles. The minimum Gasteiger partial charge on any atom is -0.462 e. The van der Waals surface area contributed by atoms with Crippen LogP contribution in [0.5, 0.6) is 0 Å². The Balaban J connectivity index is 5.26. The summed E-state index contributed by atoms with van der Waals surface area (Å²) in [5.41, 5.74) is 0. The van der Waals surface area contributed by atoms with Crippen LogP contribution in [0.15, 0.2) is 0 Å². The van der Waals surface area contributed by atoms with Crippen molar-refractivity contribution < 1.29 is 80.2 Å². The highest BCUT2D eigenvalue weighted by molar-refractivity contribution is 7.47. The van der Waals surface area contributed by atoms with Crippen molar-refractivity contribution in [3.8, 4) is 0 Å². The van der Waals surface area contributed by atoms with Crippen LogP contribution in [0.2, 0.25) is 0 Å². The first kappa shape index (κ1) is 108. The average molecular weight is 1610 g/mol. The normalized spacial score (nSPS) is 14.0. The van der Waals surface area contributed by atoms with Crippen LogP contribution in [-0.2, 0) is 65.4 Å². The van der Waals surface area contributed by atoms with Crippen LogP contribution in [0.4, 0.5) is 0 Å². The molecule has 0 aromatic rings. The van der Waals surface area contributed by atoms with Crippen molar-refractivity contribution in [1.29, 1.82) is 0 Å². The molecule has 0 bridgehead atoms. The SMILES string of the molecule is CCCCCCCCCCCCCCCCCCCCCCC(=O)O[C@H](COC(=O)CCCCCCCCCCCCCCCCCCC(C)C)COP(=O)(O)OC[C@@H](O)COP(=O)(O)OC[C@@H](COC(=O)CCCCCCCCCCC(C)CC)OC(=O)CCCCCCCCCCCCCCCCCCC(C)C. The molecule has 0 rings (SSSR count). The zero-order valence-corrected chi connectivity index (χ0v) is 74.5. The van der Waals surface area contributed by atoms with Gasteiger partial charge in [-0.1, -0.05) is 434 Å². The molecule has 0 fully saturated rings. The molecule has 3 N–H and O–H groups in total.